The van der Waals surface area contributed by atoms with Gasteiger partial charge in [0, 0.05) is 9.50 Å². The van der Waals surface area contributed by atoms with Gasteiger partial charge in [0.15, 0.2) is 6.61 Å². The van der Waals surface area contributed by atoms with Gasteiger partial charge < -0.3 is 10.1 Å². The number of amides is 1. The topological polar surface area (TPSA) is 55.4 Å². The van der Waals surface area contributed by atoms with Gasteiger partial charge in [-0.3, -0.25) is 4.79 Å². The molecule has 0 aromatic heterocycles. The monoisotopic (exact) mass is 385 g/mol. The third kappa shape index (κ3) is 4.54. The molecule has 114 valence electrons. The molecule has 1 N–H and O–H groups in total. The van der Waals surface area contributed by atoms with Gasteiger partial charge in [0.25, 0.3) is 5.91 Å². The summed E-state index contributed by atoms with van der Waals surface area (Å²) in [5.74, 6) is -1.96. The minimum absolute atomic E-state index is 0.0343. The maximum absolute atomic E-state index is 13.5. The van der Waals surface area contributed by atoms with E-state index in [1.54, 1.807) is 24.3 Å². The largest absolute Gasteiger partial charge is 0.452 e. The fraction of sp³-hybridized carbons (Fsp3) is 0.0667. The number of carbonyl (C=O) groups excluding carboxylic acids is 2. The molecule has 2 aromatic rings. The summed E-state index contributed by atoms with van der Waals surface area (Å²) in [6.07, 6.45) is 0. The van der Waals surface area contributed by atoms with E-state index in [1.807, 2.05) is 0 Å². The first-order valence-corrected chi connectivity index (χ1v) is 7.30. The normalized spacial score (nSPS) is 10.1. The zero-order valence-electron chi connectivity index (χ0n) is 11.1. The summed E-state index contributed by atoms with van der Waals surface area (Å²) in [5, 5.41) is 2.52. The van der Waals surface area contributed by atoms with Gasteiger partial charge in [0.05, 0.1) is 11.3 Å². The predicted molar refractivity (Wildman–Crippen MR) is 84.5 cm³/mol. The molecular weight excluding hydrogens is 377 g/mol. The second-order valence-corrected chi connectivity index (χ2v) is 5.61. The number of rotatable bonds is 4. The maximum Gasteiger partial charge on any atom is 0.338 e. The number of ether oxygens (including phenoxy) is 1. The molecular formula is C15H10BrClFNO3. The molecule has 0 saturated carbocycles. The fourth-order valence-electron chi connectivity index (χ4n) is 1.61. The van der Waals surface area contributed by atoms with Gasteiger partial charge in [0.2, 0.25) is 0 Å². The van der Waals surface area contributed by atoms with Crippen LogP contribution in [0.15, 0.2) is 46.9 Å². The van der Waals surface area contributed by atoms with Crippen molar-refractivity contribution in [2.75, 3.05) is 11.9 Å². The zero-order chi connectivity index (χ0) is 16.1. The number of esters is 1. The Morgan fingerprint density at radius 2 is 2.00 bits per heavy atom. The Kier molecular flexibility index (Phi) is 5.51. The first kappa shape index (κ1) is 16.5. The Hall–Kier alpha value is -1.92. The molecule has 0 aliphatic carbocycles. The number of halogens is 3. The van der Waals surface area contributed by atoms with Crippen molar-refractivity contribution in [3.05, 3.63) is 63.3 Å². The lowest BCUT2D eigenvalue weighted by atomic mass is 10.2. The van der Waals surface area contributed by atoms with Crippen molar-refractivity contribution in [1.29, 1.82) is 0 Å². The van der Waals surface area contributed by atoms with E-state index < -0.39 is 24.3 Å². The first-order valence-electron chi connectivity index (χ1n) is 6.13. The standard InChI is InChI=1S/C15H10BrClFNO3/c16-10-3-1-2-9(6-10)15(21)22-8-14(20)19-13-5-4-11(17)7-12(13)18/h1-7H,8H2,(H,19,20). The van der Waals surface area contributed by atoms with Crippen LogP contribution < -0.4 is 5.32 Å². The number of hydrogen-bond donors (Lipinski definition) is 1. The summed E-state index contributed by atoms with van der Waals surface area (Å²) >= 11 is 8.84. The molecule has 2 aromatic carbocycles. The molecule has 1 amide bonds. The molecule has 0 atom stereocenters. The highest BCUT2D eigenvalue weighted by atomic mass is 79.9. The number of benzene rings is 2. The summed E-state index contributed by atoms with van der Waals surface area (Å²) in [4.78, 5) is 23.4. The minimum Gasteiger partial charge on any atom is -0.452 e. The number of nitrogens with one attached hydrogen (secondary N) is 1. The van der Waals surface area contributed by atoms with Crippen LogP contribution in [0.25, 0.3) is 0 Å². The number of carbonyl (C=O) groups is 2. The van der Waals surface area contributed by atoms with Crippen LogP contribution in [0.3, 0.4) is 0 Å². The van der Waals surface area contributed by atoms with Crippen LogP contribution in [-0.4, -0.2) is 18.5 Å². The van der Waals surface area contributed by atoms with Gasteiger partial charge in [-0.1, -0.05) is 33.6 Å². The van der Waals surface area contributed by atoms with Crippen molar-refractivity contribution in [1.82, 2.24) is 0 Å². The quantitative estimate of drug-likeness (QED) is 0.807. The molecule has 2 rings (SSSR count). The van der Waals surface area contributed by atoms with Gasteiger partial charge in [-0.15, -0.1) is 0 Å². The number of hydrogen-bond acceptors (Lipinski definition) is 3. The molecule has 0 fully saturated rings. The molecule has 0 aliphatic heterocycles. The highest BCUT2D eigenvalue weighted by Crippen LogP contribution is 2.18. The average Bonchev–Trinajstić information content (AvgIpc) is 2.47. The van der Waals surface area contributed by atoms with Crippen molar-refractivity contribution in [3.63, 3.8) is 0 Å². The molecule has 4 nitrogen and oxygen atoms in total. The second kappa shape index (κ2) is 7.38. The van der Waals surface area contributed by atoms with Crippen LogP contribution in [0, 0.1) is 5.82 Å². The van der Waals surface area contributed by atoms with Gasteiger partial charge in [-0.2, -0.15) is 0 Å². The third-order valence-electron chi connectivity index (χ3n) is 2.60. The van der Waals surface area contributed by atoms with Crippen molar-refractivity contribution < 1.29 is 18.7 Å². The first-order chi connectivity index (χ1) is 10.5. The van der Waals surface area contributed by atoms with E-state index in [0.29, 0.717) is 5.56 Å². The molecule has 0 unspecified atom stereocenters. The molecule has 0 bridgehead atoms. The van der Waals surface area contributed by atoms with Crippen LogP contribution in [0.1, 0.15) is 10.4 Å². The molecule has 0 radical (unpaired) electrons. The van der Waals surface area contributed by atoms with E-state index in [9.17, 15) is 14.0 Å². The Morgan fingerprint density at radius 1 is 1.23 bits per heavy atom. The van der Waals surface area contributed by atoms with E-state index in [0.717, 1.165) is 10.5 Å². The van der Waals surface area contributed by atoms with Crippen LogP contribution >= 0.6 is 27.5 Å². The van der Waals surface area contributed by atoms with E-state index in [2.05, 4.69) is 21.2 Å². The summed E-state index contributed by atoms with van der Waals surface area (Å²) < 4.78 is 19.1. The van der Waals surface area contributed by atoms with Crippen LogP contribution in [-0.2, 0) is 9.53 Å². The average molecular weight is 387 g/mol. The number of anilines is 1. The SMILES string of the molecule is O=C(COC(=O)c1cccc(Br)c1)Nc1ccc(Cl)cc1F. The summed E-state index contributed by atoms with van der Waals surface area (Å²) in [6.45, 7) is -0.520. The van der Waals surface area contributed by atoms with Gasteiger partial charge in [-0.25, -0.2) is 9.18 Å². The van der Waals surface area contributed by atoms with E-state index >= 15 is 0 Å². The molecule has 0 aliphatic rings. The smallest absolute Gasteiger partial charge is 0.338 e. The molecule has 0 spiro atoms. The predicted octanol–water partition coefficient (Wildman–Crippen LogP) is 4.04. The van der Waals surface area contributed by atoms with Gasteiger partial charge >= 0.3 is 5.97 Å². The molecule has 7 heteroatoms. The van der Waals surface area contributed by atoms with Crippen molar-refractivity contribution in [2.24, 2.45) is 0 Å². The lowest BCUT2D eigenvalue weighted by Crippen LogP contribution is -2.21. The lowest BCUT2D eigenvalue weighted by Gasteiger charge is -2.08. The molecule has 22 heavy (non-hydrogen) atoms. The molecule has 0 saturated heterocycles. The fourth-order valence-corrected chi connectivity index (χ4v) is 2.17. The van der Waals surface area contributed by atoms with Crippen LogP contribution in [0.5, 0.6) is 0 Å². The van der Waals surface area contributed by atoms with E-state index in [4.69, 9.17) is 16.3 Å². The minimum atomic E-state index is -0.667. The van der Waals surface area contributed by atoms with E-state index in [1.165, 1.54) is 12.1 Å². The highest BCUT2D eigenvalue weighted by molar-refractivity contribution is 9.10. The highest BCUT2D eigenvalue weighted by Gasteiger charge is 2.12. The molecule has 0 heterocycles. The van der Waals surface area contributed by atoms with Crippen LogP contribution in [0.2, 0.25) is 5.02 Å². The van der Waals surface area contributed by atoms with Crippen molar-refractivity contribution in [3.8, 4) is 0 Å². The lowest BCUT2D eigenvalue weighted by molar-refractivity contribution is -0.119. The van der Waals surface area contributed by atoms with Crippen molar-refractivity contribution in [2.45, 2.75) is 0 Å². The zero-order valence-corrected chi connectivity index (χ0v) is 13.4. The summed E-state index contributed by atoms with van der Waals surface area (Å²) in [5.41, 5.74) is 0.271. The van der Waals surface area contributed by atoms with Crippen LogP contribution in [0.4, 0.5) is 10.1 Å². The van der Waals surface area contributed by atoms with Gasteiger partial charge in [-0.05, 0) is 36.4 Å². The summed E-state index contributed by atoms with van der Waals surface area (Å²) in [7, 11) is 0. The second-order valence-electron chi connectivity index (χ2n) is 4.26. The Morgan fingerprint density at radius 3 is 2.68 bits per heavy atom. The Bertz CT molecular complexity index is 724. The third-order valence-corrected chi connectivity index (χ3v) is 3.33. The van der Waals surface area contributed by atoms with Gasteiger partial charge in [0.1, 0.15) is 5.82 Å². The van der Waals surface area contributed by atoms with Crippen molar-refractivity contribution >= 4 is 45.1 Å². The Labute approximate surface area is 139 Å². The maximum atomic E-state index is 13.5. The summed E-state index contributed by atoms with van der Waals surface area (Å²) in [6, 6.07) is 10.4. The van der Waals surface area contributed by atoms with E-state index in [-0.39, 0.29) is 10.7 Å². The Balaban J connectivity index is 1.91.